The Balaban J connectivity index is 1.31. The summed E-state index contributed by atoms with van der Waals surface area (Å²) in [6, 6.07) is 0. The molecule has 1 spiro atoms. The highest BCUT2D eigenvalue weighted by molar-refractivity contribution is 5.28. The summed E-state index contributed by atoms with van der Waals surface area (Å²) in [4.78, 5) is 0. The molecule has 33 heavy (non-hydrogen) atoms. The van der Waals surface area contributed by atoms with E-state index in [2.05, 4.69) is 33.4 Å². The SMILES string of the molecule is C=C1CO[C@@]2(O[C@H]3C[C@@H]4[C@@H]5CC=C6C[C@@H](O)C[C@@H](O)[C@]6(C)[C@@H]5CC[C@]4(C)[C@H]3[C@@H]2C)[C@@H](O)[C@H]1O. The van der Waals surface area contributed by atoms with Crippen molar-refractivity contribution in [3.05, 3.63) is 23.8 Å². The first-order chi connectivity index (χ1) is 15.5. The van der Waals surface area contributed by atoms with Crippen molar-refractivity contribution in [2.75, 3.05) is 6.61 Å². The molecule has 184 valence electrons. The van der Waals surface area contributed by atoms with Gasteiger partial charge in [-0.2, -0.15) is 0 Å². The van der Waals surface area contributed by atoms with Gasteiger partial charge in [0.25, 0.3) is 0 Å². The van der Waals surface area contributed by atoms with Crippen LogP contribution in [-0.4, -0.2) is 63.3 Å². The molecule has 0 radical (unpaired) electrons. The van der Waals surface area contributed by atoms with Crippen LogP contribution in [0.3, 0.4) is 0 Å². The Bertz CT molecular complexity index is 886. The van der Waals surface area contributed by atoms with Crippen LogP contribution in [0.5, 0.6) is 0 Å². The fourth-order valence-electron chi connectivity index (χ4n) is 9.66. The van der Waals surface area contributed by atoms with Crippen molar-refractivity contribution in [2.24, 2.45) is 40.4 Å². The second-order valence-electron chi connectivity index (χ2n) is 12.5. The molecule has 0 aromatic carbocycles. The molecule has 6 rings (SSSR count). The van der Waals surface area contributed by atoms with Crippen molar-refractivity contribution < 1.29 is 29.9 Å². The summed E-state index contributed by atoms with van der Waals surface area (Å²) < 4.78 is 12.7. The van der Waals surface area contributed by atoms with Gasteiger partial charge in [0.15, 0.2) is 0 Å². The molecule has 6 heteroatoms. The maximum atomic E-state index is 11.1. The van der Waals surface area contributed by atoms with Crippen molar-refractivity contribution >= 4 is 0 Å². The van der Waals surface area contributed by atoms with Gasteiger partial charge in [-0.1, -0.05) is 39.0 Å². The zero-order valence-corrected chi connectivity index (χ0v) is 20.1. The lowest BCUT2D eigenvalue weighted by atomic mass is 9.46. The summed E-state index contributed by atoms with van der Waals surface area (Å²) in [5, 5.41) is 42.9. The summed E-state index contributed by atoms with van der Waals surface area (Å²) >= 11 is 0. The second kappa shape index (κ2) is 7.14. The van der Waals surface area contributed by atoms with E-state index in [1.807, 2.05) is 0 Å². The molecule has 0 amide bonds. The lowest BCUT2D eigenvalue weighted by Crippen LogP contribution is -2.60. The molecule has 3 saturated carbocycles. The van der Waals surface area contributed by atoms with Crippen molar-refractivity contribution in [3.63, 3.8) is 0 Å². The van der Waals surface area contributed by atoms with E-state index in [9.17, 15) is 20.4 Å². The molecule has 2 saturated heterocycles. The molecular weight excluding hydrogens is 420 g/mol. The van der Waals surface area contributed by atoms with E-state index in [-0.39, 0.29) is 35.4 Å². The zero-order valence-electron chi connectivity index (χ0n) is 20.1. The lowest BCUT2D eigenvalue weighted by Gasteiger charge is -2.59. The van der Waals surface area contributed by atoms with E-state index >= 15 is 0 Å². The molecule has 0 aromatic rings. The maximum Gasteiger partial charge on any atom is 0.200 e. The standard InChI is InChI=1S/C27H40O6/c1-13-12-32-27(24(31)23(13)30)14(2)22-20(33-27)11-19-17-6-5-15-9-16(28)10-21(29)26(15,4)18(17)7-8-25(19,22)3/h5,14,16-24,28-31H,1,6-12H2,2-4H3/t14-,16+,17+,18+,19+,20-,21+,22-,23-,24-,25-,26-,27-/m0/s1. The van der Waals surface area contributed by atoms with Crippen molar-refractivity contribution in [1.82, 2.24) is 0 Å². The van der Waals surface area contributed by atoms with E-state index in [1.165, 1.54) is 5.57 Å². The number of aliphatic hydroxyl groups excluding tert-OH is 4. The minimum absolute atomic E-state index is 0.00162. The maximum absolute atomic E-state index is 11.1. The molecule has 2 aliphatic heterocycles. The van der Waals surface area contributed by atoms with Crippen molar-refractivity contribution in [2.45, 2.75) is 95.6 Å². The molecule has 5 fully saturated rings. The third-order valence-electron chi connectivity index (χ3n) is 11.4. The fraction of sp³-hybridized carbons (Fsp3) is 0.852. The van der Waals surface area contributed by atoms with Crippen molar-refractivity contribution in [1.29, 1.82) is 0 Å². The summed E-state index contributed by atoms with van der Waals surface area (Å²) in [5.74, 6) is 0.452. The Morgan fingerprint density at radius 3 is 2.61 bits per heavy atom. The first-order valence-electron chi connectivity index (χ1n) is 12.9. The molecule has 0 bridgehead atoms. The van der Waals surface area contributed by atoms with E-state index in [0.29, 0.717) is 36.2 Å². The van der Waals surface area contributed by atoms with Crippen LogP contribution >= 0.6 is 0 Å². The van der Waals surface area contributed by atoms with Crippen LogP contribution in [0.15, 0.2) is 23.8 Å². The Labute approximate surface area is 196 Å². The predicted octanol–water partition coefficient (Wildman–Crippen LogP) is 2.55. The van der Waals surface area contributed by atoms with Gasteiger partial charge in [0.05, 0.1) is 24.9 Å². The number of allylic oxidation sites excluding steroid dienone is 1. The third kappa shape index (κ3) is 2.71. The topological polar surface area (TPSA) is 99.4 Å². The first kappa shape index (κ1) is 22.7. The Kier molecular flexibility index (Phi) is 4.91. The zero-order chi connectivity index (χ0) is 23.5. The number of hydrogen-bond donors (Lipinski definition) is 4. The lowest BCUT2D eigenvalue weighted by molar-refractivity contribution is -0.315. The Hall–Kier alpha value is -0.760. The van der Waals surface area contributed by atoms with Gasteiger partial charge in [0, 0.05) is 17.8 Å². The van der Waals surface area contributed by atoms with Gasteiger partial charge in [-0.25, -0.2) is 0 Å². The normalized spacial score (nSPS) is 60.1. The highest BCUT2D eigenvalue weighted by Gasteiger charge is 2.71. The molecule has 13 atom stereocenters. The molecule has 0 unspecified atom stereocenters. The van der Waals surface area contributed by atoms with Gasteiger partial charge >= 0.3 is 0 Å². The van der Waals surface area contributed by atoms with Gasteiger partial charge in [0.2, 0.25) is 5.79 Å². The molecule has 4 N–H and O–H groups in total. The van der Waals surface area contributed by atoms with Crippen LogP contribution in [-0.2, 0) is 9.47 Å². The average Bonchev–Trinajstić information content (AvgIpc) is 3.22. The monoisotopic (exact) mass is 460 g/mol. The van der Waals surface area contributed by atoms with Crippen LogP contribution in [0, 0.1) is 40.4 Å². The minimum Gasteiger partial charge on any atom is -0.393 e. The van der Waals surface area contributed by atoms with Crippen LogP contribution < -0.4 is 0 Å². The van der Waals surface area contributed by atoms with Crippen LogP contribution in [0.2, 0.25) is 0 Å². The number of rotatable bonds is 0. The van der Waals surface area contributed by atoms with Crippen LogP contribution in [0.4, 0.5) is 0 Å². The first-order valence-corrected chi connectivity index (χ1v) is 12.9. The molecule has 2 heterocycles. The molecule has 0 aromatic heterocycles. The Morgan fingerprint density at radius 2 is 1.85 bits per heavy atom. The summed E-state index contributed by atoms with van der Waals surface area (Å²) in [5.41, 5.74) is 1.58. The van der Waals surface area contributed by atoms with Gasteiger partial charge in [-0.05, 0) is 66.8 Å². The molecular formula is C27H40O6. The average molecular weight is 461 g/mol. The predicted molar refractivity (Wildman–Crippen MR) is 122 cm³/mol. The fourth-order valence-corrected chi connectivity index (χ4v) is 9.66. The summed E-state index contributed by atoms with van der Waals surface area (Å²) in [6.45, 7) is 10.8. The Morgan fingerprint density at radius 1 is 1.09 bits per heavy atom. The van der Waals surface area contributed by atoms with Gasteiger partial charge in [-0.15, -0.1) is 0 Å². The van der Waals surface area contributed by atoms with Crippen LogP contribution in [0.25, 0.3) is 0 Å². The number of fused-ring (bicyclic) bond motifs is 7. The second-order valence-corrected chi connectivity index (χ2v) is 12.5. The number of aliphatic hydroxyl groups is 4. The highest BCUT2D eigenvalue weighted by Crippen LogP contribution is 2.70. The highest BCUT2D eigenvalue weighted by atomic mass is 16.7. The number of hydrogen-bond acceptors (Lipinski definition) is 6. The molecule has 4 aliphatic carbocycles. The minimum atomic E-state index is -1.16. The van der Waals surface area contributed by atoms with Gasteiger partial charge in [0.1, 0.15) is 12.2 Å². The molecule has 6 aliphatic rings. The summed E-state index contributed by atoms with van der Waals surface area (Å²) in [6.07, 6.45) is 4.46. The van der Waals surface area contributed by atoms with Gasteiger partial charge in [-0.3, -0.25) is 0 Å². The van der Waals surface area contributed by atoms with Crippen molar-refractivity contribution in [3.8, 4) is 0 Å². The largest absolute Gasteiger partial charge is 0.393 e. The quantitative estimate of drug-likeness (QED) is 0.415. The van der Waals surface area contributed by atoms with E-state index in [0.717, 1.165) is 25.7 Å². The summed E-state index contributed by atoms with van der Waals surface area (Å²) in [7, 11) is 0. The smallest absolute Gasteiger partial charge is 0.200 e. The van der Waals surface area contributed by atoms with E-state index < -0.39 is 30.2 Å². The number of ether oxygens (including phenoxy) is 2. The van der Waals surface area contributed by atoms with E-state index in [4.69, 9.17) is 9.47 Å². The third-order valence-corrected chi connectivity index (χ3v) is 11.4. The van der Waals surface area contributed by atoms with Crippen LogP contribution in [0.1, 0.15) is 59.3 Å². The van der Waals surface area contributed by atoms with E-state index in [1.54, 1.807) is 0 Å². The van der Waals surface area contributed by atoms with Gasteiger partial charge < -0.3 is 29.9 Å². The molecule has 6 nitrogen and oxygen atoms in total.